The number of unbranched alkanes of at least 4 members (excludes halogenated alkanes) is 1. The van der Waals surface area contributed by atoms with Gasteiger partial charge in [-0.1, -0.05) is 63.4 Å². The van der Waals surface area contributed by atoms with Gasteiger partial charge < -0.3 is 9.64 Å². The number of hydrogen-bond acceptors (Lipinski definition) is 4. The molecule has 1 heterocycles. The zero-order valence-electron chi connectivity index (χ0n) is 18.9. The van der Waals surface area contributed by atoms with Crippen LogP contribution >= 0.6 is 0 Å². The van der Waals surface area contributed by atoms with Crippen LogP contribution in [-0.4, -0.2) is 24.9 Å². The Kier molecular flexibility index (Phi) is 8.05. The highest BCUT2D eigenvalue weighted by molar-refractivity contribution is 6.19. The van der Waals surface area contributed by atoms with Gasteiger partial charge in [0.25, 0.3) is 0 Å². The fourth-order valence-electron chi connectivity index (χ4n) is 4.01. The molecule has 0 amide bonds. The van der Waals surface area contributed by atoms with E-state index in [1.54, 1.807) is 6.92 Å². The molecule has 1 aliphatic rings. The zero-order valence-corrected chi connectivity index (χ0v) is 18.9. The Bertz CT molecular complexity index is 933. The molecule has 0 fully saturated rings. The van der Waals surface area contributed by atoms with Gasteiger partial charge >= 0.3 is 5.97 Å². The van der Waals surface area contributed by atoms with Crippen LogP contribution in [0.3, 0.4) is 0 Å². The van der Waals surface area contributed by atoms with Crippen molar-refractivity contribution in [1.29, 1.82) is 0 Å². The first-order valence-electron chi connectivity index (χ1n) is 11.4. The van der Waals surface area contributed by atoms with Crippen LogP contribution in [0.2, 0.25) is 0 Å². The van der Waals surface area contributed by atoms with Gasteiger partial charge in [0, 0.05) is 24.0 Å². The van der Waals surface area contributed by atoms with Gasteiger partial charge in [-0.3, -0.25) is 4.79 Å². The summed E-state index contributed by atoms with van der Waals surface area (Å²) in [6.07, 6.45) is 7.23. The van der Waals surface area contributed by atoms with E-state index >= 15 is 0 Å². The number of hydrogen-bond donors (Lipinski definition) is 0. The fourth-order valence-corrected chi connectivity index (χ4v) is 4.01. The quantitative estimate of drug-likeness (QED) is 0.347. The number of ketones is 1. The minimum Gasteiger partial charge on any atom is -0.462 e. The molecule has 2 aromatic carbocycles. The molecule has 0 saturated heterocycles. The zero-order chi connectivity index (χ0) is 22.2. The van der Waals surface area contributed by atoms with E-state index in [1.807, 2.05) is 54.7 Å². The minimum absolute atomic E-state index is 0.0356. The summed E-state index contributed by atoms with van der Waals surface area (Å²) in [5.41, 5.74) is 4.36. The molecular weight excluding hydrogens is 386 g/mol. The average molecular weight is 420 g/mol. The summed E-state index contributed by atoms with van der Waals surface area (Å²) >= 11 is 0. The molecule has 0 radical (unpaired) electrons. The van der Waals surface area contributed by atoms with Crippen LogP contribution in [-0.2, 0) is 16.0 Å². The van der Waals surface area contributed by atoms with Gasteiger partial charge in [-0.2, -0.15) is 0 Å². The molecule has 0 bridgehead atoms. The normalized spacial score (nSPS) is 14.3. The highest BCUT2D eigenvalue weighted by Gasteiger charge is 2.22. The van der Waals surface area contributed by atoms with Crippen LogP contribution in [0.4, 0.5) is 5.69 Å². The highest BCUT2D eigenvalue weighted by atomic mass is 16.5. The number of fused-ring (bicyclic) bond motifs is 1. The van der Waals surface area contributed by atoms with Crippen molar-refractivity contribution in [1.82, 2.24) is 0 Å². The number of benzene rings is 2. The van der Waals surface area contributed by atoms with Gasteiger partial charge in [-0.15, -0.1) is 0 Å². The Morgan fingerprint density at radius 3 is 2.55 bits per heavy atom. The van der Waals surface area contributed by atoms with Gasteiger partial charge in [-0.25, -0.2) is 4.79 Å². The number of Topliss-reactive ketones (excluding diaryl/α,β-unsaturated/α-hetero) is 1. The van der Waals surface area contributed by atoms with Gasteiger partial charge in [-0.05, 0) is 55.0 Å². The summed E-state index contributed by atoms with van der Waals surface area (Å²) in [7, 11) is 0. The Morgan fingerprint density at radius 2 is 1.87 bits per heavy atom. The number of allylic oxidation sites excluding steroid dienone is 1. The fraction of sp³-hybridized carbons (Fsp3) is 0.407. The van der Waals surface area contributed by atoms with Crippen molar-refractivity contribution >= 4 is 23.0 Å². The SMILES string of the molecule is CCCCC(CC)COC(=O)c1ccc2c(c1)CCN2/C=C(\C(C)=O)c1ccccc1. The third-order valence-electron chi connectivity index (χ3n) is 5.99. The number of esters is 1. The van der Waals surface area contributed by atoms with Crippen LogP contribution < -0.4 is 4.90 Å². The van der Waals surface area contributed by atoms with Crippen molar-refractivity contribution in [2.45, 2.75) is 52.9 Å². The lowest BCUT2D eigenvalue weighted by atomic mass is 10.0. The van der Waals surface area contributed by atoms with Crippen molar-refractivity contribution in [3.8, 4) is 0 Å². The molecule has 0 spiro atoms. The van der Waals surface area contributed by atoms with E-state index in [2.05, 4.69) is 18.7 Å². The molecule has 3 rings (SSSR count). The van der Waals surface area contributed by atoms with Crippen molar-refractivity contribution < 1.29 is 14.3 Å². The largest absolute Gasteiger partial charge is 0.462 e. The maximum Gasteiger partial charge on any atom is 0.338 e. The molecule has 1 aliphatic heterocycles. The molecule has 0 saturated carbocycles. The maximum absolute atomic E-state index is 12.6. The van der Waals surface area contributed by atoms with Gasteiger partial charge in [0.05, 0.1) is 12.2 Å². The number of ether oxygens (including phenoxy) is 1. The predicted molar refractivity (Wildman–Crippen MR) is 126 cm³/mol. The third-order valence-corrected chi connectivity index (χ3v) is 5.99. The van der Waals surface area contributed by atoms with E-state index in [0.29, 0.717) is 23.7 Å². The molecule has 4 nitrogen and oxygen atoms in total. The first-order chi connectivity index (χ1) is 15.0. The van der Waals surface area contributed by atoms with E-state index in [1.165, 1.54) is 6.42 Å². The molecule has 164 valence electrons. The summed E-state index contributed by atoms with van der Waals surface area (Å²) in [4.78, 5) is 26.9. The minimum atomic E-state index is -0.250. The average Bonchev–Trinajstić information content (AvgIpc) is 3.19. The predicted octanol–water partition coefficient (Wildman–Crippen LogP) is 6.05. The second-order valence-electron chi connectivity index (χ2n) is 8.27. The maximum atomic E-state index is 12.6. The van der Waals surface area contributed by atoms with Crippen molar-refractivity contribution in [3.63, 3.8) is 0 Å². The van der Waals surface area contributed by atoms with Crippen molar-refractivity contribution in [3.05, 3.63) is 71.4 Å². The van der Waals surface area contributed by atoms with E-state index in [9.17, 15) is 9.59 Å². The number of carbonyl (C=O) groups is 2. The van der Waals surface area contributed by atoms with Crippen LogP contribution in [0.5, 0.6) is 0 Å². The molecule has 0 aliphatic carbocycles. The van der Waals surface area contributed by atoms with Crippen LogP contribution in [0.1, 0.15) is 67.9 Å². The third kappa shape index (κ3) is 5.84. The summed E-state index contributed by atoms with van der Waals surface area (Å²) < 4.78 is 5.61. The molecule has 4 heteroatoms. The van der Waals surface area contributed by atoms with Crippen molar-refractivity contribution in [2.75, 3.05) is 18.1 Å². The van der Waals surface area contributed by atoms with E-state index in [-0.39, 0.29) is 11.8 Å². The summed E-state index contributed by atoms with van der Waals surface area (Å²) in [5.74, 6) is 0.218. The number of nitrogens with zero attached hydrogens (tertiary/aromatic N) is 1. The van der Waals surface area contributed by atoms with Gasteiger partial charge in [0.15, 0.2) is 5.78 Å². The molecule has 2 aromatic rings. The van der Waals surface area contributed by atoms with Crippen LogP contribution in [0.15, 0.2) is 54.7 Å². The topological polar surface area (TPSA) is 46.6 Å². The first kappa shape index (κ1) is 22.8. The monoisotopic (exact) mass is 419 g/mol. The second-order valence-corrected chi connectivity index (χ2v) is 8.27. The van der Waals surface area contributed by atoms with Crippen LogP contribution in [0.25, 0.3) is 5.57 Å². The summed E-state index contributed by atoms with van der Waals surface area (Å²) in [6, 6.07) is 15.5. The lowest BCUT2D eigenvalue weighted by Crippen LogP contribution is -2.15. The summed E-state index contributed by atoms with van der Waals surface area (Å²) in [6.45, 7) is 7.20. The molecule has 0 aromatic heterocycles. The van der Waals surface area contributed by atoms with E-state index < -0.39 is 0 Å². The number of anilines is 1. The number of carbonyl (C=O) groups excluding carboxylic acids is 2. The lowest BCUT2D eigenvalue weighted by Gasteiger charge is -2.17. The Labute approximate surface area is 185 Å². The lowest BCUT2D eigenvalue weighted by molar-refractivity contribution is -0.111. The summed E-state index contributed by atoms with van der Waals surface area (Å²) in [5, 5.41) is 0. The van der Waals surface area contributed by atoms with Crippen LogP contribution in [0, 0.1) is 5.92 Å². The van der Waals surface area contributed by atoms with E-state index in [4.69, 9.17) is 4.74 Å². The smallest absolute Gasteiger partial charge is 0.338 e. The highest BCUT2D eigenvalue weighted by Crippen LogP contribution is 2.31. The Hall–Kier alpha value is -2.88. The second kappa shape index (κ2) is 10.9. The standard InChI is InChI=1S/C27H33NO3/c1-4-6-10-21(5-2)19-31-27(30)24-13-14-26-23(17-24)15-16-28(26)18-25(20(3)29)22-11-8-7-9-12-22/h7-9,11-14,17-18,21H,4-6,10,15-16,19H2,1-3H3/b25-18+. The molecule has 0 N–H and O–H groups in total. The molecule has 1 unspecified atom stereocenters. The Balaban J connectivity index is 1.72. The molecular formula is C27H33NO3. The van der Waals surface area contributed by atoms with Gasteiger partial charge in [0.2, 0.25) is 0 Å². The molecule has 31 heavy (non-hydrogen) atoms. The number of rotatable bonds is 10. The van der Waals surface area contributed by atoms with E-state index in [0.717, 1.165) is 49.0 Å². The van der Waals surface area contributed by atoms with Crippen molar-refractivity contribution in [2.24, 2.45) is 5.92 Å². The Morgan fingerprint density at radius 1 is 1.10 bits per heavy atom. The first-order valence-corrected chi connectivity index (χ1v) is 11.4. The molecule has 1 atom stereocenters. The van der Waals surface area contributed by atoms with Gasteiger partial charge in [0.1, 0.15) is 0 Å².